The van der Waals surface area contributed by atoms with Crippen LogP contribution in [-0.4, -0.2) is 17.4 Å². The highest BCUT2D eigenvalue weighted by Gasteiger charge is 2.60. The molecule has 4 heteroatoms. The summed E-state index contributed by atoms with van der Waals surface area (Å²) in [5.74, 6) is 2.89. The molecule has 4 rings (SSSR count). The molecule has 0 aliphatic heterocycles. The van der Waals surface area contributed by atoms with E-state index in [0.29, 0.717) is 29.1 Å². The van der Waals surface area contributed by atoms with Crippen molar-refractivity contribution in [3.05, 3.63) is 0 Å². The Labute approximate surface area is 187 Å². The van der Waals surface area contributed by atoms with Crippen molar-refractivity contribution in [1.82, 2.24) is 0 Å². The van der Waals surface area contributed by atoms with Crippen molar-refractivity contribution < 1.29 is 18.3 Å². The molecule has 0 aromatic heterocycles. The molecule has 31 heavy (non-hydrogen) atoms. The van der Waals surface area contributed by atoms with Gasteiger partial charge < -0.3 is 5.11 Å². The molecular formula is C27H45F3O. The molecule has 0 aromatic rings. The highest BCUT2D eigenvalue weighted by atomic mass is 19.4. The topological polar surface area (TPSA) is 20.2 Å². The van der Waals surface area contributed by atoms with Gasteiger partial charge in [-0.3, -0.25) is 0 Å². The normalized spacial score (nSPS) is 47.6. The summed E-state index contributed by atoms with van der Waals surface area (Å²) in [6.45, 7) is 8.63. The van der Waals surface area contributed by atoms with Crippen LogP contribution in [0.3, 0.4) is 0 Å². The van der Waals surface area contributed by atoms with E-state index in [1.165, 1.54) is 58.3 Å². The highest BCUT2D eigenvalue weighted by Crippen LogP contribution is 2.68. The third-order valence-electron chi connectivity index (χ3n) is 11.3. The Morgan fingerprint density at radius 1 is 0.806 bits per heavy atom. The number of fused-ring (bicyclic) bond motifs is 5. The summed E-state index contributed by atoms with van der Waals surface area (Å²) >= 11 is 0. The fraction of sp³-hybridized carbons (Fsp3) is 1.00. The second-order valence-corrected chi connectivity index (χ2v) is 12.7. The lowest BCUT2D eigenvalue weighted by Crippen LogP contribution is -2.52. The van der Waals surface area contributed by atoms with E-state index in [1.54, 1.807) is 0 Å². The Kier molecular flexibility index (Phi) is 6.56. The van der Waals surface area contributed by atoms with E-state index in [1.807, 2.05) is 0 Å². The third kappa shape index (κ3) is 4.21. The monoisotopic (exact) mass is 442 g/mol. The van der Waals surface area contributed by atoms with Gasteiger partial charge in [-0.25, -0.2) is 0 Å². The molecule has 1 N–H and O–H groups in total. The van der Waals surface area contributed by atoms with Gasteiger partial charge in [-0.2, -0.15) is 13.2 Å². The van der Waals surface area contributed by atoms with Gasteiger partial charge in [0.25, 0.3) is 0 Å². The molecule has 180 valence electrons. The van der Waals surface area contributed by atoms with Crippen molar-refractivity contribution in [3.63, 3.8) is 0 Å². The number of hydrogen-bond donors (Lipinski definition) is 1. The first-order valence-electron chi connectivity index (χ1n) is 13.2. The molecule has 0 heterocycles. The summed E-state index contributed by atoms with van der Waals surface area (Å²) < 4.78 is 39.0. The van der Waals surface area contributed by atoms with Crippen LogP contribution in [0.1, 0.15) is 105 Å². The van der Waals surface area contributed by atoms with Gasteiger partial charge in [-0.05, 0) is 123 Å². The largest absolute Gasteiger partial charge is 0.393 e. The zero-order chi connectivity index (χ0) is 22.6. The van der Waals surface area contributed by atoms with Crippen LogP contribution in [0.25, 0.3) is 0 Å². The van der Waals surface area contributed by atoms with E-state index in [0.717, 1.165) is 36.5 Å². The number of aliphatic hydroxyl groups excluding tert-OH is 1. The second kappa shape index (κ2) is 8.51. The number of alkyl halides is 3. The van der Waals surface area contributed by atoms with Crippen LogP contribution >= 0.6 is 0 Å². The first kappa shape index (κ1) is 23.9. The van der Waals surface area contributed by atoms with Gasteiger partial charge in [0.05, 0.1) is 12.0 Å². The van der Waals surface area contributed by atoms with E-state index in [9.17, 15) is 18.3 Å². The fourth-order valence-corrected chi connectivity index (χ4v) is 9.27. The maximum atomic E-state index is 13.0. The van der Waals surface area contributed by atoms with Gasteiger partial charge in [0.15, 0.2) is 0 Å². The van der Waals surface area contributed by atoms with E-state index < -0.39 is 12.1 Å². The molecule has 10 atom stereocenters. The van der Waals surface area contributed by atoms with Crippen molar-refractivity contribution >= 4 is 0 Å². The third-order valence-corrected chi connectivity index (χ3v) is 11.3. The van der Waals surface area contributed by atoms with Crippen molar-refractivity contribution in [2.24, 2.45) is 52.3 Å². The van der Waals surface area contributed by atoms with Gasteiger partial charge in [0.1, 0.15) is 0 Å². The summed E-state index contributed by atoms with van der Waals surface area (Å²) in [6, 6.07) is 0. The van der Waals surface area contributed by atoms with Gasteiger partial charge in [0.2, 0.25) is 0 Å². The van der Waals surface area contributed by atoms with Crippen molar-refractivity contribution in [1.29, 1.82) is 0 Å². The summed E-state index contributed by atoms with van der Waals surface area (Å²) in [5.41, 5.74) is 0.697. The van der Waals surface area contributed by atoms with E-state index in [-0.39, 0.29) is 12.5 Å². The summed E-state index contributed by atoms with van der Waals surface area (Å²) in [6.07, 6.45) is 8.85. The molecule has 0 amide bonds. The minimum Gasteiger partial charge on any atom is -0.393 e. The number of hydrogen-bond acceptors (Lipinski definition) is 1. The minimum absolute atomic E-state index is 0.106. The zero-order valence-corrected chi connectivity index (χ0v) is 20.2. The zero-order valence-electron chi connectivity index (χ0n) is 20.2. The summed E-state index contributed by atoms with van der Waals surface area (Å²) in [5, 5.41) is 10.3. The highest BCUT2D eigenvalue weighted by molar-refractivity contribution is 5.09. The molecule has 0 radical (unpaired) electrons. The van der Waals surface area contributed by atoms with Gasteiger partial charge in [-0.1, -0.05) is 27.7 Å². The standard InChI is InChI=1S/C27H45F3O/c1-17(5-6-18(2)27(28,29)30)22-11-12-23-21-10-8-19-7-9-20(31)13-15-25(19,3)24(21)14-16-26(22,23)4/h17-24,31H,5-16H2,1-4H3/t17-,18?,19?,20?,21?,22?,23?,24?,25?,26?/m1/s1. The predicted octanol–water partition coefficient (Wildman–Crippen LogP) is 8.01. The van der Waals surface area contributed by atoms with Crippen molar-refractivity contribution in [3.8, 4) is 0 Å². The fourth-order valence-electron chi connectivity index (χ4n) is 9.27. The van der Waals surface area contributed by atoms with Gasteiger partial charge in [0, 0.05) is 0 Å². The van der Waals surface area contributed by atoms with E-state index in [2.05, 4.69) is 20.8 Å². The van der Waals surface area contributed by atoms with E-state index in [4.69, 9.17) is 0 Å². The molecule has 4 fully saturated rings. The summed E-state index contributed by atoms with van der Waals surface area (Å²) in [4.78, 5) is 0. The van der Waals surface area contributed by atoms with Crippen LogP contribution in [0, 0.1) is 52.3 Å². The predicted molar refractivity (Wildman–Crippen MR) is 119 cm³/mol. The second-order valence-electron chi connectivity index (χ2n) is 12.7. The van der Waals surface area contributed by atoms with Crippen LogP contribution in [0.5, 0.6) is 0 Å². The Bertz CT molecular complexity index is 632. The Morgan fingerprint density at radius 3 is 2.16 bits per heavy atom. The first-order valence-corrected chi connectivity index (χ1v) is 13.2. The van der Waals surface area contributed by atoms with Crippen LogP contribution in [-0.2, 0) is 0 Å². The summed E-state index contributed by atoms with van der Waals surface area (Å²) in [7, 11) is 0. The maximum absolute atomic E-state index is 13.0. The number of halogens is 3. The Balaban J connectivity index is 1.46. The van der Waals surface area contributed by atoms with Crippen molar-refractivity contribution in [2.45, 2.75) is 117 Å². The minimum atomic E-state index is -4.06. The lowest BCUT2D eigenvalue weighted by molar-refractivity contribution is -0.172. The average molecular weight is 443 g/mol. The molecule has 9 unspecified atom stereocenters. The molecule has 0 spiro atoms. The first-order chi connectivity index (χ1) is 14.5. The lowest BCUT2D eigenvalue weighted by Gasteiger charge is -2.59. The molecular weight excluding hydrogens is 397 g/mol. The number of rotatable bonds is 4. The van der Waals surface area contributed by atoms with Crippen molar-refractivity contribution in [2.75, 3.05) is 0 Å². The Morgan fingerprint density at radius 2 is 1.45 bits per heavy atom. The molecule has 1 nitrogen and oxygen atoms in total. The van der Waals surface area contributed by atoms with Gasteiger partial charge >= 0.3 is 6.18 Å². The molecule has 0 bridgehead atoms. The van der Waals surface area contributed by atoms with Gasteiger partial charge in [-0.15, -0.1) is 0 Å². The number of aliphatic hydroxyl groups is 1. The SMILES string of the molecule is CC(CC[C@@H](C)C1CCC2C3CCC4CCC(O)CCC4(C)C3CCC21C)C(F)(F)F. The van der Waals surface area contributed by atoms with Crippen LogP contribution < -0.4 is 0 Å². The molecule has 4 aliphatic carbocycles. The van der Waals surface area contributed by atoms with Crippen LogP contribution in [0.15, 0.2) is 0 Å². The molecule has 0 saturated heterocycles. The lowest BCUT2D eigenvalue weighted by atomic mass is 9.46. The van der Waals surface area contributed by atoms with E-state index >= 15 is 0 Å². The molecule has 0 aromatic carbocycles. The quantitative estimate of drug-likeness (QED) is 0.467. The average Bonchev–Trinajstić information content (AvgIpc) is 2.98. The molecule has 4 saturated carbocycles. The smallest absolute Gasteiger partial charge is 0.391 e. The Hall–Kier alpha value is -0.250. The molecule has 4 aliphatic rings. The van der Waals surface area contributed by atoms with Crippen LogP contribution in [0.2, 0.25) is 0 Å². The maximum Gasteiger partial charge on any atom is 0.391 e. The van der Waals surface area contributed by atoms with Crippen LogP contribution in [0.4, 0.5) is 13.2 Å².